The predicted molar refractivity (Wildman–Crippen MR) is 33.8 cm³/mol. The number of carboxylic acid groups (broad SMARTS) is 1. The third-order valence-corrected chi connectivity index (χ3v) is 1.06. The molecule has 0 bridgehead atoms. The Morgan fingerprint density at radius 2 is 2.09 bits per heavy atom. The van der Waals surface area contributed by atoms with E-state index in [1.807, 2.05) is 10.2 Å². The zero-order valence-electron chi connectivity index (χ0n) is 5.12. The van der Waals surface area contributed by atoms with Gasteiger partial charge in [0.2, 0.25) is 5.69 Å². The molecule has 7 heteroatoms. The molecule has 0 aliphatic carbocycles. The van der Waals surface area contributed by atoms with E-state index in [2.05, 4.69) is 5.18 Å². The van der Waals surface area contributed by atoms with Gasteiger partial charge in [0.25, 0.3) is 5.56 Å². The molecule has 0 saturated heterocycles. The van der Waals surface area contributed by atoms with Crippen LogP contribution in [0.2, 0.25) is 0 Å². The average molecular weight is 157 g/mol. The fraction of sp³-hybridized carbons (Fsp3) is 0. The highest BCUT2D eigenvalue weighted by Gasteiger charge is 2.16. The second-order valence-electron chi connectivity index (χ2n) is 1.70. The first-order valence-electron chi connectivity index (χ1n) is 2.54. The quantitative estimate of drug-likeness (QED) is 0.515. The number of nitrogens with one attached hydrogen (secondary N) is 2. The molecule has 1 heterocycles. The van der Waals surface area contributed by atoms with Crippen LogP contribution < -0.4 is 5.56 Å². The van der Waals surface area contributed by atoms with Gasteiger partial charge in [-0.2, -0.15) is 0 Å². The minimum Gasteiger partial charge on any atom is -0.476 e. The summed E-state index contributed by atoms with van der Waals surface area (Å²) in [7, 11) is 0. The molecule has 0 unspecified atom stereocenters. The standard InChI is InChI=1S/C4H3N3O4/c8-3-1(7-11)2(4(9)10)5-6-3/h(H,9,10)(H2,5,6,8). The molecule has 0 aliphatic rings. The molecule has 11 heavy (non-hydrogen) atoms. The molecule has 1 rings (SSSR count). The number of aromatic amines is 2. The fourth-order valence-electron chi connectivity index (χ4n) is 0.593. The molecule has 58 valence electrons. The molecule has 1 aromatic heterocycles. The van der Waals surface area contributed by atoms with Crippen molar-refractivity contribution >= 4 is 11.7 Å². The Hall–Kier alpha value is -1.92. The van der Waals surface area contributed by atoms with Crippen LogP contribution in [0.4, 0.5) is 5.69 Å². The molecule has 0 radical (unpaired) electrons. The van der Waals surface area contributed by atoms with E-state index in [1.54, 1.807) is 0 Å². The van der Waals surface area contributed by atoms with Gasteiger partial charge < -0.3 is 5.11 Å². The van der Waals surface area contributed by atoms with Gasteiger partial charge in [-0.05, 0) is 5.18 Å². The van der Waals surface area contributed by atoms with Gasteiger partial charge in [-0.25, -0.2) is 4.79 Å². The average Bonchev–Trinajstić information content (AvgIpc) is 2.30. The summed E-state index contributed by atoms with van der Waals surface area (Å²) in [5.41, 5.74) is -2.00. The summed E-state index contributed by atoms with van der Waals surface area (Å²) in [6, 6.07) is 0. The minimum absolute atomic E-state index is 0.523. The number of carbonyl (C=O) groups is 1. The van der Waals surface area contributed by atoms with Crippen LogP contribution in [0, 0.1) is 4.91 Å². The normalized spacial score (nSPS) is 9.45. The molecular weight excluding hydrogens is 154 g/mol. The van der Waals surface area contributed by atoms with Crippen LogP contribution in [-0.2, 0) is 0 Å². The van der Waals surface area contributed by atoms with Gasteiger partial charge >= 0.3 is 5.97 Å². The first-order valence-corrected chi connectivity index (χ1v) is 2.54. The maximum absolute atomic E-state index is 10.5. The number of aromatic carboxylic acids is 1. The molecular formula is C4H3N3O4. The van der Waals surface area contributed by atoms with Gasteiger partial charge in [-0.3, -0.25) is 15.0 Å². The number of nitroso groups, excluding NO2 is 1. The lowest BCUT2D eigenvalue weighted by atomic mass is 10.4. The zero-order chi connectivity index (χ0) is 8.43. The van der Waals surface area contributed by atoms with Gasteiger partial charge in [-0.1, -0.05) is 0 Å². The second kappa shape index (κ2) is 2.37. The second-order valence-corrected chi connectivity index (χ2v) is 1.70. The number of H-pyrrole nitrogens is 2. The Morgan fingerprint density at radius 3 is 2.45 bits per heavy atom. The number of hydrogen-bond donors (Lipinski definition) is 3. The van der Waals surface area contributed by atoms with E-state index in [0.29, 0.717) is 0 Å². The van der Waals surface area contributed by atoms with Crippen molar-refractivity contribution in [3.05, 3.63) is 21.0 Å². The van der Waals surface area contributed by atoms with Crippen molar-refractivity contribution in [1.29, 1.82) is 0 Å². The minimum atomic E-state index is -1.40. The van der Waals surface area contributed by atoms with Gasteiger partial charge in [0, 0.05) is 0 Å². The fourth-order valence-corrected chi connectivity index (χ4v) is 0.593. The molecule has 0 aliphatic heterocycles. The lowest BCUT2D eigenvalue weighted by Gasteiger charge is -1.83. The summed E-state index contributed by atoms with van der Waals surface area (Å²) in [5.74, 6) is -1.40. The summed E-state index contributed by atoms with van der Waals surface area (Å²) in [6.07, 6.45) is 0. The Bertz CT molecular complexity index is 348. The number of nitrogens with zero attached hydrogens (tertiary/aromatic N) is 1. The summed E-state index contributed by atoms with van der Waals surface area (Å²) in [6.45, 7) is 0. The van der Waals surface area contributed by atoms with E-state index in [-0.39, 0.29) is 0 Å². The lowest BCUT2D eigenvalue weighted by molar-refractivity contribution is 0.0691. The Kier molecular flexibility index (Phi) is 1.55. The summed E-state index contributed by atoms with van der Waals surface area (Å²) in [4.78, 5) is 30.6. The van der Waals surface area contributed by atoms with Crippen LogP contribution in [0.15, 0.2) is 9.97 Å². The number of aromatic nitrogens is 2. The molecule has 0 aromatic carbocycles. The van der Waals surface area contributed by atoms with Crippen LogP contribution in [0.1, 0.15) is 10.5 Å². The van der Waals surface area contributed by atoms with Crippen molar-refractivity contribution in [2.45, 2.75) is 0 Å². The molecule has 0 atom stereocenters. The molecule has 0 spiro atoms. The highest BCUT2D eigenvalue weighted by molar-refractivity contribution is 5.90. The highest BCUT2D eigenvalue weighted by atomic mass is 16.4. The molecule has 0 amide bonds. The van der Waals surface area contributed by atoms with E-state index in [1.165, 1.54) is 0 Å². The molecule has 1 aromatic rings. The maximum atomic E-state index is 10.5. The van der Waals surface area contributed by atoms with Crippen molar-refractivity contribution in [2.75, 3.05) is 0 Å². The Balaban J connectivity index is 3.38. The van der Waals surface area contributed by atoms with Gasteiger partial charge in [0.05, 0.1) is 0 Å². The molecule has 7 nitrogen and oxygen atoms in total. The van der Waals surface area contributed by atoms with Crippen molar-refractivity contribution < 1.29 is 9.90 Å². The topological polar surface area (TPSA) is 115 Å². The van der Waals surface area contributed by atoms with Crippen molar-refractivity contribution in [3.8, 4) is 0 Å². The largest absolute Gasteiger partial charge is 0.476 e. The maximum Gasteiger partial charge on any atom is 0.356 e. The Labute approximate surface area is 59.0 Å². The zero-order valence-corrected chi connectivity index (χ0v) is 5.12. The Morgan fingerprint density at radius 1 is 1.45 bits per heavy atom. The van der Waals surface area contributed by atoms with E-state index in [4.69, 9.17) is 5.11 Å². The van der Waals surface area contributed by atoms with E-state index in [9.17, 15) is 14.5 Å². The predicted octanol–water partition coefficient (Wildman–Crippen LogP) is -0.201. The SMILES string of the molecule is O=Nc1c(C(=O)O)[nH][nH]c1=O. The summed E-state index contributed by atoms with van der Waals surface area (Å²) >= 11 is 0. The first kappa shape index (κ1) is 7.19. The smallest absolute Gasteiger partial charge is 0.356 e. The number of hydrogen-bond acceptors (Lipinski definition) is 4. The molecule has 3 N–H and O–H groups in total. The van der Waals surface area contributed by atoms with Crippen LogP contribution in [0.3, 0.4) is 0 Å². The van der Waals surface area contributed by atoms with E-state index < -0.39 is 22.9 Å². The third kappa shape index (κ3) is 1.02. The van der Waals surface area contributed by atoms with E-state index >= 15 is 0 Å². The van der Waals surface area contributed by atoms with Gasteiger partial charge in [0.1, 0.15) is 0 Å². The molecule has 0 fully saturated rings. The highest BCUT2D eigenvalue weighted by Crippen LogP contribution is 2.08. The van der Waals surface area contributed by atoms with E-state index in [0.717, 1.165) is 0 Å². The first-order chi connectivity index (χ1) is 5.16. The summed E-state index contributed by atoms with van der Waals surface area (Å²) < 4.78 is 0. The van der Waals surface area contributed by atoms with Crippen molar-refractivity contribution in [1.82, 2.24) is 10.2 Å². The lowest BCUT2D eigenvalue weighted by Crippen LogP contribution is -1.99. The summed E-state index contributed by atoms with van der Waals surface area (Å²) in [5, 5.41) is 14.5. The van der Waals surface area contributed by atoms with Crippen molar-refractivity contribution in [3.63, 3.8) is 0 Å². The number of rotatable bonds is 2. The van der Waals surface area contributed by atoms with Crippen LogP contribution in [-0.4, -0.2) is 21.3 Å². The van der Waals surface area contributed by atoms with Crippen LogP contribution in [0.5, 0.6) is 0 Å². The van der Waals surface area contributed by atoms with Crippen LogP contribution in [0.25, 0.3) is 0 Å². The molecule has 0 saturated carbocycles. The van der Waals surface area contributed by atoms with Gasteiger partial charge in [-0.15, -0.1) is 4.91 Å². The third-order valence-electron chi connectivity index (χ3n) is 1.06. The van der Waals surface area contributed by atoms with Crippen molar-refractivity contribution in [2.24, 2.45) is 5.18 Å². The van der Waals surface area contributed by atoms with Crippen LogP contribution >= 0.6 is 0 Å². The van der Waals surface area contributed by atoms with Gasteiger partial charge in [0.15, 0.2) is 5.69 Å². The number of carboxylic acids is 1. The monoisotopic (exact) mass is 157 g/mol.